The number of carbonyl (C=O) groups excluding carboxylic acids is 2. The summed E-state index contributed by atoms with van der Waals surface area (Å²) < 4.78 is 16.1. The molecule has 0 spiro atoms. The van der Waals surface area contributed by atoms with Gasteiger partial charge in [0.1, 0.15) is 18.1 Å². The van der Waals surface area contributed by atoms with E-state index in [-0.39, 0.29) is 24.8 Å². The van der Waals surface area contributed by atoms with E-state index in [9.17, 15) is 9.59 Å². The van der Waals surface area contributed by atoms with E-state index in [4.69, 9.17) is 14.2 Å². The third-order valence-corrected chi connectivity index (χ3v) is 4.38. The number of rotatable bonds is 6. The number of thiophene rings is 1. The summed E-state index contributed by atoms with van der Waals surface area (Å²) in [6.45, 7) is 5.17. The molecule has 0 unspecified atom stereocenters. The molecular weight excluding hydrogens is 340 g/mol. The zero-order valence-electron chi connectivity index (χ0n) is 13.6. The van der Waals surface area contributed by atoms with E-state index >= 15 is 0 Å². The lowest BCUT2D eigenvalue weighted by atomic mass is 10.1. The topological polar surface area (TPSA) is 61.8 Å². The van der Waals surface area contributed by atoms with E-state index in [2.05, 4.69) is 6.58 Å². The van der Waals surface area contributed by atoms with Gasteiger partial charge in [-0.15, -0.1) is 11.3 Å². The summed E-state index contributed by atoms with van der Waals surface area (Å²) in [6.07, 6.45) is 3.21. The largest absolute Gasteiger partial charge is 0.481 e. The van der Waals surface area contributed by atoms with Crippen LogP contribution < -0.4 is 9.47 Å². The maximum Gasteiger partial charge on any atom is 0.344 e. The Morgan fingerprint density at radius 1 is 1.36 bits per heavy atom. The minimum absolute atomic E-state index is 0.139. The lowest BCUT2D eigenvalue weighted by Gasteiger charge is -2.10. The Labute approximate surface area is 149 Å². The van der Waals surface area contributed by atoms with E-state index in [1.165, 1.54) is 17.4 Å². The SMILES string of the molecule is C=CCOC(=O)COc1ccc2c(c1C)O/C(=C\c1cccs1)C2=O. The molecule has 2 aromatic rings. The van der Waals surface area contributed by atoms with Gasteiger partial charge < -0.3 is 14.2 Å². The number of carbonyl (C=O) groups is 2. The highest BCUT2D eigenvalue weighted by Gasteiger charge is 2.30. The molecule has 1 aromatic heterocycles. The maximum atomic E-state index is 12.5. The second-order valence-electron chi connectivity index (χ2n) is 5.28. The minimum Gasteiger partial charge on any atom is -0.481 e. The first-order chi connectivity index (χ1) is 12.1. The van der Waals surface area contributed by atoms with Crippen LogP contribution in [0.1, 0.15) is 20.8 Å². The monoisotopic (exact) mass is 356 g/mol. The highest BCUT2D eigenvalue weighted by molar-refractivity contribution is 7.10. The van der Waals surface area contributed by atoms with Crippen LogP contribution in [0.2, 0.25) is 0 Å². The van der Waals surface area contributed by atoms with Crippen LogP contribution in [0.25, 0.3) is 6.08 Å². The van der Waals surface area contributed by atoms with Crippen molar-refractivity contribution in [3.63, 3.8) is 0 Å². The highest BCUT2D eigenvalue weighted by Crippen LogP contribution is 2.39. The standard InChI is InChI=1S/C19H16O5S/c1-3-8-22-17(20)11-23-15-7-6-14-18(21)16(24-19(14)12(15)2)10-13-5-4-9-25-13/h3-7,9-10H,1,8,11H2,2H3/b16-10-. The lowest BCUT2D eigenvalue weighted by molar-refractivity contribution is -0.144. The number of esters is 1. The van der Waals surface area contributed by atoms with Gasteiger partial charge in [-0.05, 0) is 30.5 Å². The Morgan fingerprint density at radius 3 is 2.92 bits per heavy atom. The van der Waals surface area contributed by atoms with Crippen LogP contribution in [0.5, 0.6) is 11.5 Å². The lowest BCUT2D eigenvalue weighted by Crippen LogP contribution is -2.15. The number of ether oxygens (including phenoxy) is 3. The zero-order valence-corrected chi connectivity index (χ0v) is 14.4. The molecule has 25 heavy (non-hydrogen) atoms. The van der Waals surface area contributed by atoms with Crippen molar-refractivity contribution >= 4 is 29.2 Å². The van der Waals surface area contributed by atoms with Gasteiger partial charge in [-0.25, -0.2) is 4.79 Å². The van der Waals surface area contributed by atoms with Gasteiger partial charge >= 0.3 is 5.97 Å². The van der Waals surface area contributed by atoms with Gasteiger partial charge in [0, 0.05) is 16.5 Å². The number of Topliss-reactive ketones (excluding diaryl/α,β-unsaturated/α-hetero) is 1. The van der Waals surface area contributed by atoms with Crippen LogP contribution in [-0.2, 0) is 9.53 Å². The minimum atomic E-state index is -0.491. The third kappa shape index (κ3) is 3.64. The molecule has 6 heteroatoms. The average molecular weight is 356 g/mol. The molecule has 0 amide bonds. The Morgan fingerprint density at radius 2 is 2.20 bits per heavy atom. The van der Waals surface area contributed by atoms with Gasteiger partial charge in [-0.1, -0.05) is 18.7 Å². The normalized spacial score (nSPS) is 14.1. The van der Waals surface area contributed by atoms with Gasteiger partial charge in [0.25, 0.3) is 0 Å². The quantitative estimate of drug-likeness (QED) is 0.448. The maximum absolute atomic E-state index is 12.5. The molecular formula is C19H16O5S. The molecule has 0 N–H and O–H groups in total. The van der Waals surface area contributed by atoms with Crippen molar-refractivity contribution in [1.29, 1.82) is 0 Å². The fraction of sp³-hybridized carbons (Fsp3) is 0.158. The van der Waals surface area contributed by atoms with Crippen LogP contribution >= 0.6 is 11.3 Å². The Balaban J connectivity index is 1.77. The molecule has 3 rings (SSSR count). The summed E-state index contributed by atoms with van der Waals surface area (Å²) in [7, 11) is 0. The third-order valence-electron chi connectivity index (χ3n) is 3.56. The Hall–Kier alpha value is -2.86. The molecule has 2 heterocycles. The summed E-state index contributed by atoms with van der Waals surface area (Å²) in [5.74, 6) is 0.561. The summed E-state index contributed by atoms with van der Waals surface area (Å²) in [5.41, 5.74) is 1.15. The van der Waals surface area contributed by atoms with Gasteiger partial charge in [0.15, 0.2) is 12.4 Å². The Bertz CT molecular complexity index is 849. The fourth-order valence-electron chi connectivity index (χ4n) is 2.36. The first-order valence-electron chi connectivity index (χ1n) is 7.61. The first kappa shape index (κ1) is 17.0. The molecule has 0 bridgehead atoms. The molecule has 0 radical (unpaired) electrons. The number of ketones is 1. The van der Waals surface area contributed by atoms with E-state index in [1.807, 2.05) is 17.5 Å². The fourth-order valence-corrected chi connectivity index (χ4v) is 3.00. The van der Waals surface area contributed by atoms with Gasteiger partial charge in [0.2, 0.25) is 5.78 Å². The molecule has 0 saturated heterocycles. The highest BCUT2D eigenvalue weighted by atomic mass is 32.1. The van der Waals surface area contributed by atoms with E-state index in [0.717, 1.165) is 4.88 Å². The molecule has 0 saturated carbocycles. The number of hydrogen-bond acceptors (Lipinski definition) is 6. The smallest absolute Gasteiger partial charge is 0.344 e. The van der Waals surface area contributed by atoms with E-state index in [0.29, 0.717) is 22.6 Å². The first-order valence-corrected chi connectivity index (χ1v) is 8.49. The molecule has 0 aliphatic carbocycles. The zero-order chi connectivity index (χ0) is 17.8. The molecule has 1 aliphatic rings. The van der Waals surface area contributed by atoms with Crippen molar-refractivity contribution in [3.05, 3.63) is 64.1 Å². The molecule has 0 fully saturated rings. The van der Waals surface area contributed by atoms with Gasteiger partial charge in [0.05, 0.1) is 5.56 Å². The molecule has 1 aromatic carbocycles. The summed E-state index contributed by atoms with van der Waals surface area (Å²) >= 11 is 1.52. The van der Waals surface area contributed by atoms with Crippen molar-refractivity contribution in [1.82, 2.24) is 0 Å². The second kappa shape index (κ2) is 7.36. The molecule has 128 valence electrons. The number of hydrogen-bond donors (Lipinski definition) is 0. The molecule has 1 aliphatic heterocycles. The molecule has 5 nitrogen and oxygen atoms in total. The van der Waals surface area contributed by atoms with Gasteiger partial charge in [-0.3, -0.25) is 4.79 Å². The summed E-state index contributed by atoms with van der Waals surface area (Å²) in [5, 5.41) is 1.93. The summed E-state index contributed by atoms with van der Waals surface area (Å²) in [6, 6.07) is 7.12. The van der Waals surface area contributed by atoms with Crippen molar-refractivity contribution in [2.45, 2.75) is 6.92 Å². The van der Waals surface area contributed by atoms with Crippen LogP contribution in [0.15, 0.2) is 48.1 Å². The average Bonchev–Trinajstić information content (AvgIpc) is 3.22. The van der Waals surface area contributed by atoms with Crippen LogP contribution in [-0.4, -0.2) is 25.0 Å². The van der Waals surface area contributed by atoms with Gasteiger partial charge in [-0.2, -0.15) is 0 Å². The van der Waals surface area contributed by atoms with Crippen molar-refractivity contribution in [2.24, 2.45) is 0 Å². The van der Waals surface area contributed by atoms with Crippen molar-refractivity contribution in [2.75, 3.05) is 13.2 Å². The van der Waals surface area contributed by atoms with E-state index in [1.54, 1.807) is 25.1 Å². The predicted octanol–water partition coefficient (Wildman–Crippen LogP) is 3.78. The number of allylic oxidation sites excluding steroid dienone is 1. The predicted molar refractivity (Wildman–Crippen MR) is 95.1 cm³/mol. The van der Waals surface area contributed by atoms with Crippen LogP contribution in [0, 0.1) is 6.92 Å². The number of fused-ring (bicyclic) bond motifs is 1. The van der Waals surface area contributed by atoms with Crippen LogP contribution in [0.3, 0.4) is 0 Å². The van der Waals surface area contributed by atoms with Crippen LogP contribution in [0.4, 0.5) is 0 Å². The molecule has 0 atom stereocenters. The second-order valence-corrected chi connectivity index (χ2v) is 6.26. The number of benzene rings is 1. The Kier molecular flexibility index (Phi) is 5.00. The van der Waals surface area contributed by atoms with E-state index < -0.39 is 5.97 Å². The van der Waals surface area contributed by atoms with Crippen molar-refractivity contribution in [3.8, 4) is 11.5 Å². The summed E-state index contributed by atoms with van der Waals surface area (Å²) in [4.78, 5) is 24.9. The van der Waals surface area contributed by atoms with Crippen molar-refractivity contribution < 1.29 is 23.8 Å².